The lowest BCUT2D eigenvalue weighted by molar-refractivity contribution is -0.385. The Kier molecular flexibility index (Phi) is 10.8. The van der Waals surface area contributed by atoms with Crippen molar-refractivity contribution in [2.45, 2.75) is 0 Å². The molecule has 0 aliphatic heterocycles. The van der Waals surface area contributed by atoms with Crippen molar-refractivity contribution in [3.63, 3.8) is 0 Å². The molecule has 0 unspecified atom stereocenters. The van der Waals surface area contributed by atoms with Crippen LogP contribution in [0.3, 0.4) is 0 Å². The molecule has 0 fully saturated rings. The van der Waals surface area contributed by atoms with Gasteiger partial charge in [0.25, 0.3) is 17.1 Å². The van der Waals surface area contributed by atoms with Crippen LogP contribution in [-0.2, 0) is 0 Å². The fourth-order valence-electron chi connectivity index (χ4n) is 3.57. The van der Waals surface area contributed by atoms with E-state index in [1.54, 1.807) is 0 Å². The van der Waals surface area contributed by atoms with Crippen molar-refractivity contribution < 1.29 is 29.2 Å². The van der Waals surface area contributed by atoms with E-state index in [4.69, 9.17) is 0 Å². The van der Waals surface area contributed by atoms with E-state index >= 15 is 0 Å². The number of hydrogen-bond donors (Lipinski definition) is 5. The van der Waals surface area contributed by atoms with Gasteiger partial charge in [-0.25, -0.2) is 14.4 Å². The minimum Gasteiger partial charge on any atom is -0.336 e. The molecule has 0 radical (unpaired) electrons. The summed E-state index contributed by atoms with van der Waals surface area (Å²) in [6.07, 6.45) is 0. The van der Waals surface area contributed by atoms with Crippen molar-refractivity contribution in [2.75, 3.05) is 42.1 Å². The zero-order chi connectivity index (χ0) is 31.4. The zero-order valence-electron chi connectivity index (χ0n) is 22.2. The lowest BCUT2D eigenvalue weighted by Crippen LogP contribution is -2.45. The summed E-state index contributed by atoms with van der Waals surface area (Å²) in [5, 5.41) is 45.4. The van der Waals surface area contributed by atoms with E-state index in [1.807, 2.05) is 0 Å². The van der Waals surface area contributed by atoms with Gasteiger partial charge in [-0.05, 0) is 18.2 Å². The van der Waals surface area contributed by atoms with E-state index < -0.39 is 32.9 Å². The van der Waals surface area contributed by atoms with Crippen molar-refractivity contribution in [2.24, 2.45) is 0 Å². The smallest absolute Gasteiger partial charge is 0.321 e. The number of nitro groups is 3. The molecule has 0 aromatic heterocycles. The topological polar surface area (TPSA) is 244 Å². The second-order valence-corrected chi connectivity index (χ2v) is 8.60. The Morgan fingerprint density at radius 1 is 0.581 bits per heavy atom. The molecule has 3 rings (SSSR count). The number of carbonyl (C=O) groups excluding carboxylic acids is 3. The first-order valence-corrected chi connectivity index (χ1v) is 12.4. The lowest BCUT2D eigenvalue weighted by Gasteiger charge is -2.23. The van der Waals surface area contributed by atoms with Crippen LogP contribution in [0.2, 0.25) is 0 Å². The molecular formula is C25H25N9O9. The standard InChI is InChI=1S/C25H25N9O9/c35-23(28-17-4-1-7-20(14-17)32(38)39)26-10-12-31(25(37)30-19-6-3-9-22(16-19)34(42)43)13-11-27-24(36)29-18-5-2-8-21(15-18)33(40)41/h1-9,14-16H,10-13H2,(H,30,37)(H2,26,28,35)(H2,27,29,36). The summed E-state index contributed by atoms with van der Waals surface area (Å²) in [5.41, 5.74) is -0.204. The summed E-state index contributed by atoms with van der Waals surface area (Å²) in [4.78, 5) is 69.9. The van der Waals surface area contributed by atoms with Gasteiger partial charge in [0, 0.05) is 79.6 Å². The highest BCUT2D eigenvalue weighted by Crippen LogP contribution is 2.19. The molecule has 18 nitrogen and oxygen atoms in total. The lowest BCUT2D eigenvalue weighted by atomic mass is 10.3. The largest absolute Gasteiger partial charge is 0.336 e. The van der Waals surface area contributed by atoms with Gasteiger partial charge >= 0.3 is 18.1 Å². The Morgan fingerprint density at radius 2 is 0.930 bits per heavy atom. The van der Waals surface area contributed by atoms with Crippen LogP contribution in [0.25, 0.3) is 0 Å². The number of benzene rings is 3. The molecule has 5 N–H and O–H groups in total. The molecule has 43 heavy (non-hydrogen) atoms. The summed E-state index contributed by atoms with van der Waals surface area (Å²) in [7, 11) is 0. The van der Waals surface area contributed by atoms with Gasteiger partial charge in [-0.1, -0.05) is 18.2 Å². The molecule has 3 aromatic carbocycles. The summed E-state index contributed by atoms with van der Waals surface area (Å²) >= 11 is 0. The average molecular weight is 596 g/mol. The molecule has 0 atom stereocenters. The van der Waals surface area contributed by atoms with Gasteiger partial charge in [-0.15, -0.1) is 0 Å². The van der Waals surface area contributed by atoms with E-state index in [0.29, 0.717) is 0 Å². The number of anilines is 3. The number of nitrogens with one attached hydrogen (secondary N) is 5. The summed E-state index contributed by atoms with van der Waals surface area (Å²) < 4.78 is 0. The third kappa shape index (κ3) is 9.98. The zero-order valence-corrected chi connectivity index (χ0v) is 22.2. The van der Waals surface area contributed by atoms with Gasteiger partial charge in [0.05, 0.1) is 14.8 Å². The number of nitro benzene ring substituents is 3. The Labute approximate surface area is 242 Å². The SMILES string of the molecule is O=C(NCCN(CCNC(=O)Nc1cccc([N+](=O)[O-])c1)C(=O)Nc1cccc([N+](=O)[O-])c1)Nc1cccc([N+](=O)[O-])c1. The van der Waals surface area contributed by atoms with Crippen LogP contribution in [0.4, 0.5) is 48.5 Å². The summed E-state index contributed by atoms with van der Waals surface area (Å²) in [6, 6.07) is 13.7. The van der Waals surface area contributed by atoms with Crippen molar-refractivity contribution in [3.05, 3.63) is 103 Å². The minimum atomic E-state index is -0.700. The van der Waals surface area contributed by atoms with Crippen molar-refractivity contribution in [3.8, 4) is 0 Å². The van der Waals surface area contributed by atoms with Crippen LogP contribution in [0.1, 0.15) is 0 Å². The number of nitrogens with zero attached hydrogens (tertiary/aromatic N) is 4. The fraction of sp³-hybridized carbons (Fsp3) is 0.160. The number of amides is 6. The van der Waals surface area contributed by atoms with Gasteiger partial charge < -0.3 is 31.5 Å². The van der Waals surface area contributed by atoms with Gasteiger partial charge in [-0.3, -0.25) is 30.3 Å². The molecule has 224 valence electrons. The van der Waals surface area contributed by atoms with E-state index in [2.05, 4.69) is 26.6 Å². The molecule has 0 aliphatic carbocycles. The van der Waals surface area contributed by atoms with Crippen LogP contribution in [0.15, 0.2) is 72.8 Å². The van der Waals surface area contributed by atoms with Gasteiger partial charge in [0.1, 0.15) is 0 Å². The quantitative estimate of drug-likeness (QED) is 0.150. The van der Waals surface area contributed by atoms with Gasteiger partial charge in [0.2, 0.25) is 0 Å². The Morgan fingerprint density at radius 3 is 1.28 bits per heavy atom. The second-order valence-electron chi connectivity index (χ2n) is 8.60. The highest BCUT2D eigenvalue weighted by molar-refractivity contribution is 5.91. The van der Waals surface area contributed by atoms with E-state index in [0.717, 1.165) is 6.07 Å². The normalized spacial score (nSPS) is 10.1. The van der Waals surface area contributed by atoms with E-state index in [-0.39, 0.29) is 60.3 Å². The number of urea groups is 3. The molecule has 0 aliphatic rings. The van der Waals surface area contributed by atoms with E-state index in [1.165, 1.54) is 71.6 Å². The van der Waals surface area contributed by atoms with Crippen molar-refractivity contribution >= 4 is 52.2 Å². The van der Waals surface area contributed by atoms with Crippen LogP contribution in [0.5, 0.6) is 0 Å². The maximum Gasteiger partial charge on any atom is 0.321 e. The molecule has 0 heterocycles. The molecule has 0 saturated carbocycles. The van der Waals surface area contributed by atoms with Gasteiger partial charge in [0.15, 0.2) is 0 Å². The first kappa shape index (κ1) is 31.2. The van der Waals surface area contributed by atoms with Crippen LogP contribution >= 0.6 is 0 Å². The highest BCUT2D eigenvalue weighted by atomic mass is 16.6. The summed E-state index contributed by atoms with van der Waals surface area (Å²) in [5.74, 6) is 0. The summed E-state index contributed by atoms with van der Waals surface area (Å²) in [6.45, 7) is -0.305. The van der Waals surface area contributed by atoms with Gasteiger partial charge in [-0.2, -0.15) is 0 Å². The Bertz CT molecular complexity index is 1460. The first-order valence-electron chi connectivity index (χ1n) is 12.4. The predicted molar refractivity (Wildman–Crippen MR) is 154 cm³/mol. The third-order valence-electron chi connectivity index (χ3n) is 5.56. The molecule has 0 spiro atoms. The Hall–Kier alpha value is -6.33. The molecular weight excluding hydrogens is 570 g/mol. The highest BCUT2D eigenvalue weighted by Gasteiger charge is 2.17. The second kappa shape index (κ2) is 14.9. The van der Waals surface area contributed by atoms with Crippen LogP contribution in [-0.4, -0.2) is 63.9 Å². The fourth-order valence-corrected chi connectivity index (χ4v) is 3.57. The van der Waals surface area contributed by atoms with Crippen molar-refractivity contribution in [1.29, 1.82) is 0 Å². The molecule has 3 aromatic rings. The van der Waals surface area contributed by atoms with Crippen LogP contribution in [0, 0.1) is 30.3 Å². The maximum atomic E-state index is 13.0. The molecule has 18 heteroatoms. The number of carbonyl (C=O) groups is 3. The molecule has 0 saturated heterocycles. The Balaban J connectivity index is 1.59. The number of non-ortho nitro benzene ring substituents is 3. The molecule has 6 amide bonds. The minimum absolute atomic E-state index is 0.0721. The predicted octanol–water partition coefficient (Wildman–Crippen LogP) is 3.89. The van der Waals surface area contributed by atoms with E-state index in [9.17, 15) is 44.7 Å². The number of rotatable bonds is 12. The first-order chi connectivity index (χ1) is 20.5. The molecule has 0 bridgehead atoms. The monoisotopic (exact) mass is 595 g/mol. The van der Waals surface area contributed by atoms with Crippen LogP contribution < -0.4 is 26.6 Å². The third-order valence-corrected chi connectivity index (χ3v) is 5.56. The number of hydrogen-bond acceptors (Lipinski definition) is 9. The maximum absolute atomic E-state index is 13.0. The average Bonchev–Trinajstić information content (AvgIpc) is 2.96. The van der Waals surface area contributed by atoms with Crippen molar-refractivity contribution in [1.82, 2.24) is 15.5 Å².